The Morgan fingerprint density at radius 2 is 1.81 bits per heavy atom. The maximum absolute atomic E-state index is 12.8. The highest BCUT2D eigenvalue weighted by atomic mass is 16.5. The molecule has 116 valence electrons. The average Bonchev–Trinajstić information content (AvgIpc) is 2.73. The number of hydrogen-bond acceptors (Lipinski definition) is 4. The van der Waals surface area contributed by atoms with E-state index in [1.807, 2.05) is 6.07 Å². The molecule has 0 saturated heterocycles. The summed E-state index contributed by atoms with van der Waals surface area (Å²) in [5, 5.41) is 10.7. The van der Waals surface area contributed by atoms with Crippen molar-refractivity contribution in [3.05, 3.63) is 29.8 Å². The van der Waals surface area contributed by atoms with E-state index in [0.29, 0.717) is 37.4 Å². The molecule has 4 nitrogen and oxygen atoms in total. The van der Waals surface area contributed by atoms with Gasteiger partial charge in [-0.3, -0.25) is 4.79 Å². The number of ether oxygens (including phenoxy) is 2. The minimum Gasteiger partial charge on any atom is -0.490 e. The molecule has 1 saturated carbocycles. The van der Waals surface area contributed by atoms with Gasteiger partial charge in [0.1, 0.15) is 18.0 Å². The normalized spacial score (nSPS) is 18.0. The van der Waals surface area contributed by atoms with Crippen molar-refractivity contribution in [3.8, 4) is 5.75 Å². The maximum Gasteiger partial charge on any atom is 0.198 e. The first kappa shape index (κ1) is 16.0. The molecule has 1 aliphatic carbocycles. The summed E-state index contributed by atoms with van der Waals surface area (Å²) in [5.74, 6) is 0.314. The van der Waals surface area contributed by atoms with Crippen molar-refractivity contribution < 1.29 is 19.4 Å². The van der Waals surface area contributed by atoms with Crippen molar-refractivity contribution in [2.75, 3.05) is 20.3 Å². The second kappa shape index (κ2) is 7.57. The van der Waals surface area contributed by atoms with Gasteiger partial charge < -0.3 is 14.6 Å². The van der Waals surface area contributed by atoms with Crippen molar-refractivity contribution in [3.63, 3.8) is 0 Å². The second-order valence-corrected chi connectivity index (χ2v) is 5.61. The summed E-state index contributed by atoms with van der Waals surface area (Å²) < 4.78 is 10.6. The Kier molecular flexibility index (Phi) is 5.76. The van der Waals surface area contributed by atoms with Crippen LogP contribution in [0.25, 0.3) is 0 Å². The SMILES string of the molecule is COCCOc1ccccc1C(=O)C1(O)CCCCCC1. The summed E-state index contributed by atoms with van der Waals surface area (Å²) >= 11 is 0. The smallest absolute Gasteiger partial charge is 0.198 e. The topological polar surface area (TPSA) is 55.8 Å². The summed E-state index contributed by atoms with van der Waals surface area (Å²) in [5.41, 5.74) is -0.768. The molecule has 4 heteroatoms. The molecule has 0 spiro atoms. The van der Waals surface area contributed by atoms with Crippen LogP contribution < -0.4 is 4.74 Å². The van der Waals surface area contributed by atoms with E-state index in [1.54, 1.807) is 25.3 Å². The van der Waals surface area contributed by atoms with E-state index in [4.69, 9.17) is 9.47 Å². The third kappa shape index (κ3) is 4.05. The Morgan fingerprint density at radius 1 is 1.14 bits per heavy atom. The van der Waals surface area contributed by atoms with Gasteiger partial charge in [0.15, 0.2) is 5.78 Å². The van der Waals surface area contributed by atoms with E-state index < -0.39 is 5.60 Å². The molecule has 21 heavy (non-hydrogen) atoms. The van der Waals surface area contributed by atoms with Gasteiger partial charge in [-0.1, -0.05) is 37.8 Å². The van der Waals surface area contributed by atoms with Gasteiger partial charge >= 0.3 is 0 Å². The zero-order chi connectivity index (χ0) is 15.1. The molecule has 0 aromatic heterocycles. The summed E-state index contributed by atoms with van der Waals surface area (Å²) in [6.07, 6.45) is 5.05. The van der Waals surface area contributed by atoms with Gasteiger partial charge in [0, 0.05) is 7.11 Å². The Labute approximate surface area is 126 Å². The third-order valence-electron chi connectivity index (χ3n) is 4.03. The van der Waals surface area contributed by atoms with Gasteiger partial charge in [0.2, 0.25) is 0 Å². The van der Waals surface area contributed by atoms with Crippen LogP contribution in [0.15, 0.2) is 24.3 Å². The molecule has 0 aliphatic heterocycles. The third-order valence-corrected chi connectivity index (χ3v) is 4.03. The molecule has 1 N–H and O–H groups in total. The highest BCUT2D eigenvalue weighted by molar-refractivity contribution is 6.04. The molecule has 1 aliphatic rings. The quantitative estimate of drug-likeness (QED) is 0.497. The van der Waals surface area contributed by atoms with Crippen LogP contribution in [-0.2, 0) is 4.74 Å². The largest absolute Gasteiger partial charge is 0.490 e. The van der Waals surface area contributed by atoms with E-state index >= 15 is 0 Å². The van der Waals surface area contributed by atoms with Crippen LogP contribution >= 0.6 is 0 Å². The van der Waals surface area contributed by atoms with Crippen LogP contribution in [0.4, 0.5) is 0 Å². The van der Waals surface area contributed by atoms with Crippen LogP contribution in [-0.4, -0.2) is 36.8 Å². The zero-order valence-electron chi connectivity index (χ0n) is 12.6. The molecule has 1 fully saturated rings. The van der Waals surface area contributed by atoms with E-state index in [9.17, 15) is 9.90 Å². The number of methoxy groups -OCH3 is 1. The maximum atomic E-state index is 12.8. The Bertz CT molecular complexity index is 462. The minimum atomic E-state index is -1.24. The summed E-state index contributed by atoms with van der Waals surface area (Å²) in [7, 11) is 1.61. The Hall–Kier alpha value is -1.39. The zero-order valence-corrected chi connectivity index (χ0v) is 12.6. The van der Waals surface area contributed by atoms with Crippen molar-refractivity contribution >= 4 is 5.78 Å². The first-order valence-electron chi connectivity index (χ1n) is 7.65. The first-order valence-corrected chi connectivity index (χ1v) is 7.65. The fourth-order valence-electron chi connectivity index (χ4n) is 2.81. The monoisotopic (exact) mass is 292 g/mol. The Balaban J connectivity index is 2.17. The number of carbonyl (C=O) groups is 1. The van der Waals surface area contributed by atoms with Crippen LogP contribution in [0.1, 0.15) is 48.9 Å². The first-order chi connectivity index (χ1) is 10.2. The molecule has 0 radical (unpaired) electrons. The fourth-order valence-corrected chi connectivity index (χ4v) is 2.81. The number of benzene rings is 1. The highest BCUT2D eigenvalue weighted by Crippen LogP contribution is 2.32. The molecule has 1 aromatic rings. The molecule has 0 heterocycles. The summed E-state index contributed by atoms with van der Waals surface area (Å²) in [6, 6.07) is 7.13. The molecule has 0 amide bonds. The van der Waals surface area contributed by atoms with E-state index in [1.165, 1.54) is 0 Å². The van der Waals surface area contributed by atoms with E-state index in [2.05, 4.69) is 0 Å². The second-order valence-electron chi connectivity index (χ2n) is 5.61. The average molecular weight is 292 g/mol. The van der Waals surface area contributed by atoms with Crippen LogP contribution in [0.3, 0.4) is 0 Å². The highest BCUT2D eigenvalue weighted by Gasteiger charge is 2.37. The van der Waals surface area contributed by atoms with Crippen molar-refractivity contribution in [2.45, 2.75) is 44.1 Å². The molecular formula is C17H24O4. The van der Waals surface area contributed by atoms with Crippen molar-refractivity contribution in [2.24, 2.45) is 0 Å². The number of ketones is 1. The van der Waals surface area contributed by atoms with Crippen molar-refractivity contribution in [1.29, 1.82) is 0 Å². The van der Waals surface area contributed by atoms with Gasteiger partial charge in [-0.25, -0.2) is 0 Å². The molecule has 0 bridgehead atoms. The molecule has 1 aromatic carbocycles. The predicted octanol–water partition coefficient (Wildman–Crippen LogP) is 2.98. The van der Waals surface area contributed by atoms with Crippen LogP contribution in [0, 0.1) is 0 Å². The van der Waals surface area contributed by atoms with E-state index in [-0.39, 0.29) is 5.78 Å². The number of Topliss-reactive ketones (excluding diaryl/α,β-unsaturated/α-hetero) is 1. The lowest BCUT2D eigenvalue weighted by molar-refractivity contribution is 0.0234. The van der Waals surface area contributed by atoms with Gasteiger partial charge in [-0.05, 0) is 25.0 Å². The number of carbonyl (C=O) groups excluding carboxylic acids is 1. The molecule has 2 rings (SSSR count). The number of aliphatic hydroxyl groups is 1. The standard InChI is InChI=1S/C17H24O4/c1-20-12-13-21-15-9-5-4-8-14(15)16(18)17(19)10-6-2-3-7-11-17/h4-5,8-9,19H,2-3,6-7,10-13H2,1H3. The molecular weight excluding hydrogens is 268 g/mol. The van der Waals surface area contributed by atoms with Gasteiger partial charge in [-0.2, -0.15) is 0 Å². The summed E-state index contributed by atoms with van der Waals surface area (Å²) in [4.78, 5) is 12.8. The molecule has 0 atom stereocenters. The van der Waals surface area contributed by atoms with Gasteiger partial charge in [0.05, 0.1) is 12.2 Å². The number of rotatable bonds is 6. The lowest BCUT2D eigenvalue weighted by Crippen LogP contribution is -2.38. The number of para-hydroxylation sites is 1. The minimum absolute atomic E-state index is 0.211. The predicted molar refractivity (Wildman–Crippen MR) is 80.8 cm³/mol. The number of hydrogen-bond donors (Lipinski definition) is 1. The van der Waals surface area contributed by atoms with Gasteiger partial charge in [-0.15, -0.1) is 0 Å². The van der Waals surface area contributed by atoms with Crippen LogP contribution in [0.5, 0.6) is 5.75 Å². The van der Waals surface area contributed by atoms with Crippen LogP contribution in [0.2, 0.25) is 0 Å². The Morgan fingerprint density at radius 3 is 2.48 bits per heavy atom. The summed E-state index contributed by atoms with van der Waals surface area (Å²) in [6.45, 7) is 0.853. The van der Waals surface area contributed by atoms with Crippen molar-refractivity contribution in [1.82, 2.24) is 0 Å². The molecule has 0 unspecified atom stereocenters. The van der Waals surface area contributed by atoms with E-state index in [0.717, 1.165) is 25.7 Å². The fraction of sp³-hybridized carbons (Fsp3) is 0.588. The van der Waals surface area contributed by atoms with Gasteiger partial charge in [0.25, 0.3) is 0 Å². The lowest BCUT2D eigenvalue weighted by atomic mass is 9.86. The lowest BCUT2D eigenvalue weighted by Gasteiger charge is -2.25.